The van der Waals surface area contributed by atoms with E-state index < -0.39 is 40.6 Å². The van der Waals surface area contributed by atoms with E-state index in [1.165, 1.54) is 58.9 Å². The third kappa shape index (κ3) is 6.55. The molecule has 4 nitrogen and oxygen atoms in total. The number of amides is 1. The van der Waals surface area contributed by atoms with Crippen molar-refractivity contribution in [1.29, 1.82) is 0 Å². The van der Waals surface area contributed by atoms with Gasteiger partial charge in [0.15, 0.2) is 4.90 Å². The van der Waals surface area contributed by atoms with Gasteiger partial charge in [0.05, 0.1) is 16.9 Å². The van der Waals surface area contributed by atoms with E-state index >= 15 is 0 Å². The van der Waals surface area contributed by atoms with E-state index in [4.69, 9.17) is 0 Å². The fourth-order valence-electron chi connectivity index (χ4n) is 3.15. The van der Waals surface area contributed by atoms with Crippen molar-refractivity contribution in [3.63, 3.8) is 0 Å². The summed E-state index contributed by atoms with van der Waals surface area (Å²) in [6, 6.07) is 13.4. The van der Waals surface area contributed by atoms with Gasteiger partial charge >= 0.3 is 6.18 Å². The van der Waals surface area contributed by atoms with Gasteiger partial charge in [-0.3, -0.25) is 4.79 Å². The van der Waals surface area contributed by atoms with Gasteiger partial charge in [0, 0.05) is 18.7 Å². The SMILES string of the molecule is CCN(CC(=O)NCc1ccc(F)c(-c2ccc(C(F)(F)F)cc2)c1)[S+]([O-])c1ccc(F)cc1. The molecule has 3 aromatic carbocycles. The number of alkyl halides is 3. The maximum absolute atomic E-state index is 14.3. The monoisotopic (exact) mass is 496 g/mol. The summed E-state index contributed by atoms with van der Waals surface area (Å²) >= 11 is -1.66. The Balaban J connectivity index is 1.64. The van der Waals surface area contributed by atoms with Crippen LogP contribution in [-0.2, 0) is 28.9 Å². The molecule has 3 rings (SSSR count). The van der Waals surface area contributed by atoms with Crippen molar-refractivity contribution in [2.75, 3.05) is 13.1 Å². The molecule has 0 fully saturated rings. The molecule has 0 saturated carbocycles. The van der Waals surface area contributed by atoms with Gasteiger partial charge in [0.1, 0.15) is 18.2 Å². The topological polar surface area (TPSA) is 55.4 Å². The molecule has 0 bridgehead atoms. The molecule has 180 valence electrons. The highest BCUT2D eigenvalue weighted by molar-refractivity contribution is 7.89. The maximum atomic E-state index is 14.3. The summed E-state index contributed by atoms with van der Waals surface area (Å²) < 4.78 is 79.7. The molecule has 0 saturated heterocycles. The molecule has 0 aliphatic rings. The van der Waals surface area contributed by atoms with Crippen molar-refractivity contribution in [3.05, 3.63) is 89.5 Å². The van der Waals surface area contributed by atoms with Crippen LogP contribution in [0.2, 0.25) is 0 Å². The van der Waals surface area contributed by atoms with Crippen molar-refractivity contribution in [1.82, 2.24) is 9.62 Å². The van der Waals surface area contributed by atoms with Crippen molar-refractivity contribution >= 4 is 17.3 Å². The first kappa shape index (κ1) is 25.7. The van der Waals surface area contributed by atoms with Gasteiger partial charge in [0.25, 0.3) is 0 Å². The predicted molar refractivity (Wildman–Crippen MR) is 119 cm³/mol. The van der Waals surface area contributed by atoms with Crippen molar-refractivity contribution in [3.8, 4) is 11.1 Å². The molecule has 10 heteroatoms. The molecule has 3 aromatic rings. The lowest BCUT2D eigenvalue weighted by Gasteiger charge is -2.22. The highest BCUT2D eigenvalue weighted by Crippen LogP contribution is 2.32. The van der Waals surface area contributed by atoms with Crippen LogP contribution in [0.15, 0.2) is 71.6 Å². The first-order chi connectivity index (χ1) is 16.1. The zero-order valence-corrected chi connectivity index (χ0v) is 18.9. The number of likely N-dealkylation sites (N-methyl/N-ethyl adjacent to an activating group) is 1. The lowest BCUT2D eigenvalue weighted by molar-refractivity contribution is -0.137. The Hall–Kier alpha value is -2.95. The highest BCUT2D eigenvalue weighted by atomic mass is 32.2. The van der Waals surface area contributed by atoms with Gasteiger partial charge in [-0.1, -0.05) is 18.2 Å². The standard InChI is InChI=1S/C24H21F5N2O2S/c1-2-31(34(33)20-10-8-19(25)9-11-20)15-23(32)30-14-16-3-12-22(26)21(13-16)17-4-6-18(7-5-17)24(27,28)29/h3-13H,2,14-15H2,1H3,(H,30,32). The predicted octanol–water partition coefficient (Wildman–Crippen LogP) is 5.31. The van der Waals surface area contributed by atoms with Crippen LogP contribution in [0.4, 0.5) is 22.0 Å². The van der Waals surface area contributed by atoms with Gasteiger partial charge in [-0.15, -0.1) is 4.31 Å². The quantitative estimate of drug-likeness (QED) is 0.340. The second kappa shape index (κ2) is 11.0. The van der Waals surface area contributed by atoms with E-state index in [-0.39, 0.29) is 24.2 Å². The third-order valence-corrected chi connectivity index (χ3v) is 6.50. The average Bonchev–Trinajstić information content (AvgIpc) is 2.81. The van der Waals surface area contributed by atoms with Crippen LogP contribution in [0.3, 0.4) is 0 Å². The maximum Gasteiger partial charge on any atom is 0.416 e. The lowest BCUT2D eigenvalue weighted by Crippen LogP contribution is -2.40. The summed E-state index contributed by atoms with van der Waals surface area (Å²) in [6.45, 7) is 1.87. The first-order valence-corrected chi connectivity index (χ1v) is 11.3. The third-order valence-electron chi connectivity index (χ3n) is 4.97. The molecule has 0 aliphatic carbocycles. The Labute approximate surface area is 196 Å². The van der Waals surface area contributed by atoms with Crippen LogP contribution in [0, 0.1) is 11.6 Å². The fourth-order valence-corrected chi connectivity index (χ4v) is 4.28. The van der Waals surface area contributed by atoms with Gasteiger partial charge in [-0.05, 0) is 66.6 Å². The van der Waals surface area contributed by atoms with Crippen molar-refractivity contribution < 1.29 is 31.3 Å². The molecule has 0 aromatic heterocycles. The van der Waals surface area contributed by atoms with Gasteiger partial charge in [0.2, 0.25) is 5.91 Å². The minimum Gasteiger partial charge on any atom is -0.593 e. The van der Waals surface area contributed by atoms with Crippen LogP contribution < -0.4 is 5.32 Å². The highest BCUT2D eigenvalue weighted by Gasteiger charge is 2.30. The van der Waals surface area contributed by atoms with E-state index in [0.717, 1.165) is 12.1 Å². The molecular weight excluding hydrogens is 475 g/mol. The van der Waals surface area contributed by atoms with E-state index in [9.17, 15) is 31.3 Å². The van der Waals surface area contributed by atoms with Crippen molar-refractivity contribution in [2.24, 2.45) is 0 Å². The fraction of sp³-hybridized carbons (Fsp3) is 0.208. The number of rotatable bonds is 8. The van der Waals surface area contributed by atoms with Gasteiger partial charge in [-0.2, -0.15) is 13.2 Å². The summed E-state index contributed by atoms with van der Waals surface area (Å²) in [5, 5.41) is 2.66. The molecule has 1 amide bonds. The second-order valence-corrected chi connectivity index (χ2v) is 8.81. The molecule has 0 aliphatic heterocycles. The molecule has 1 atom stereocenters. The number of hydrogen-bond acceptors (Lipinski definition) is 3. The normalized spacial score (nSPS) is 12.6. The summed E-state index contributed by atoms with van der Waals surface area (Å²) in [5.41, 5.74) is 0.0736. The summed E-state index contributed by atoms with van der Waals surface area (Å²) in [4.78, 5) is 12.8. The Morgan fingerprint density at radius 2 is 1.65 bits per heavy atom. The summed E-state index contributed by atoms with van der Waals surface area (Å²) in [5.74, 6) is -1.50. The minimum atomic E-state index is -4.49. The Morgan fingerprint density at radius 3 is 2.24 bits per heavy atom. The van der Waals surface area contributed by atoms with Gasteiger partial charge < -0.3 is 9.87 Å². The minimum absolute atomic E-state index is 0.0352. The lowest BCUT2D eigenvalue weighted by atomic mass is 10.0. The molecule has 0 radical (unpaired) electrons. The Kier molecular flexibility index (Phi) is 8.29. The second-order valence-electron chi connectivity index (χ2n) is 7.33. The number of carbonyl (C=O) groups excluding carboxylic acids is 1. The van der Waals surface area contributed by atoms with Crippen LogP contribution in [0.1, 0.15) is 18.1 Å². The number of nitrogens with zero attached hydrogens (tertiary/aromatic N) is 1. The van der Waals surface area contributed by atoms with E-state index in [1.54, 1.807) is 6.92 Å². The first-order valence-electron chi connectivity index (χ1n) is 10.2. The molecular formula is C24H21F5N2O2S. The summed E-state index contributed by atoms with van der Waals surface area (Å²) in [7, 11) is 0. The molecule has 1 N–H and O–H groups in total. The average molecular weight is 497 g/mol. The van der Waals surface area contributed by atoms with E-state index in [1.807, 2.05) is 0 Å². The Bertz CT molecular complexity index is 1120. The molecule has 34 heavy (non-hydrogen) atoms. The van der Waals surface area contributed by atoms with Crippen LogP contribution in [0.25, 0.3) is 11.1 Å². The number of benzene rings is 3. The molecule has 0 heterocycles. The number of hydrogen-bond donors (Lipinski definition) is 1. The zero-order valence-electron chi connectivity index (χ0n) is 18.0. The number of halogens is 5. The largest absolute Gasteiger partial charge is 0.593 e. The zero-order chi connectivity index (χ0) is 24.9. The van der Waals surface area contributed by atoms with Crippen LogP contribution >= 0.6 is 0 Å². The molecule has 0 spiro atoms. The van der Waals surface area contributed by atoms with Crippen molar-refractivity contribution in [2.45, 2.75) is 24.5 Å². The smallest absolute Gasteiger partial charge is 0.416 e. The Morgan fingerprint density at radius 1 is 1.00 bits per heavy atom. The number of carbonyl (C=O) groups is 1. The van der Waals surface area contributed by atoms with Gasteiger partial charge in [-0.25, -0.2) is 8.78 Å². The van der Waals surface area contributed by atoms with E-state index in [2.05, 4.69) is 5.32 Å². The van der Waals surface area contributed by atoms with Crippen LogP contribution in [0.5, 0.6) is 0 Å². The summed E-state index contributed by atoms with van der Waals surface area (Å²) in [6.07, 6.45) is -4.49. The van der Waals surface area contributed by atoms with E-state index in [0.29, 0.717) is 17.0 Å². The molecule has 1 unspecified atom stereocenters. The number of nitrogens with one attached hydrogen (secondary N) is 1. The van der Waals surface area contributed by atoms with Crippen LogP contribution in [-0.4, -0.2) is 27.9 Å².